The molecule has 31 heavy (non-hydrogen) atoms. The van der Waals surface area contributed by atoms with Crippen molar-refractivity contribution in [3.05, 3.63) is 64.2 Å². The van der Waals surface area contributed by atoms with Crippen molar-refractivity contribution in [2.45, 2.75) is 19.4 Å². The largest absolute Gasteiger partial charge is 0.508 e. The van der Waals surface area contributed by atoms with E-state index in [0.717, 1.165) is 0 Å². The Balaban J connectivity index is 2.12. The van der Waals surface area contributed by atoms with Gasteiger partial charge in [0, 0.05) is 25.8 Å². The fourth-order valence-electron chi connectivity index (χ4n) is 3.57. The number of methoxy groups -OCH3 is 1. The number of phenols is 1. The van der Waals surface area contributed by atoms with Crippen LogP contribution in [-0.2, 0) is 14.3 Å². The van der Waals surface area contributed by atoms with E-state index in [2.05, 4.69) is 0 Å². The highest BCUT2D eigenvalue weighted by molar-refractivity contribution is 6.46. The SMILES string of the molecule is CCOc1cc(/C(O)=C2/C(=O)C(=O)N(CCCOC)C2c2ccc(O)cc2)ccc1Cl. The number of ketones is 1. The zero-order valence-corrected chi connectivity index (χ0v) is 18.1. The lowest BCUT2D eigenvalue weighted by molar-refractivity contribution is -0.140. The number of amides is 1. The first-order valence-electron chi connectivity index (χ1n) is 9.88. The highest BCUT2D eigenvalue weighted by atomic mass is 35.5. The molecule has 1 aliphatic heterocycles. The molecule has 1 fully saturated rings. The lowest BCUT2D eigenvalue weighted by Crippen LogP contribution is -2.31. The van der Waals surface area contributed by atoms with E-state index >= 15 is 0 Å². The molecule has 0 spiro atoms. The molecule has 0 radical (unpaired) electrons. The lowest BCUT2D eigenvalue weighted by Gasteiger charge is -2.25. The minimum atomic E-state index is -0.802. The van der Waals surface area contributed by atoms with E-state index in [4.69, 9.17) is 21.1 Å². The van der Waals surface area contributed by atoms with Crippen LogP contribution in [0, 0.1) is 0 Å². The first-order valence-corrected chi connectivity index (χ1v) is 10.3. The molecule has 0 aliphatic carbocycles. The van der Waals surface area contributed by atoms with Crippen LogP contribution in [0.1, 0.15) is 30.5 Å². The van der Waals surface area contributed by atoms with E-state index in [0.29, 0.717) is 41.5 Å². The zero-order valence-electron chi connectivity index (χ0n) is 17.3. The van der Waals surface area contributed by atoms with Gasteiger partial charge in [-0.2, -0.15) is 0 Å². The van der Waals surface area contributed by atoms with Gasteiger partial charge in [0.2, 0.25) is 0 Å². The molecule has 1 unspecified atom stereocenters. The van der Waals surface area contributed by atoms with E-state index in [-0.39, 0.29) is 23.6 Å². The molecular weight excluding hydrogens is 422 g/mol. The van der Waals surface area contributed by atoms with Gasteiger partial charge in [0.05, 0.1) is 23.2 Å². The Kier molecular flexibility index (Phi) is 7.20. The molecule has 0 bridgehead atoms. The van der Waals surface area contributed by atoms with Crippen molar-refractivity contribution >= 4 is 29.1 Å². The maximum Gasteiger partial charge on any atom is 0.295 e. The highest BCUT2D eigenvalue weighted by Gasteiger charge is 2.45. The van der Waals surface area contributed by atoms with Crippen LogP contribution < -0.4 is 4.74 Å². The van der Waals surface area contributed by atoms with Gasteiger partial charge in [-0.1, -0.05) is 23.7 Å². The van der Waals surface area contributed by atoms with E-state index in [9.17, 15) is 19.8 Å². The summed E-state index contributed by atoms with van der Waals surface area (Å²) in [4.78, 5) is 27.2. The van der Waals surface area contributed by atoms with Crippen molar-refractivity contribution in [2.75, 3.05) is 26.9 Å². The summed E-state index contributed by atoms with van der Waals surface area (Å²) in [7, 11) is 1.56. The van der Waals surface area contributed by atoms with Gasteiger partial charge >= 0.3 is 0 Å². The van der Waals surface area contributed by atoms with E-state index in [1.54, 1.807) is 38.3 Å². The maximum absolute atomic E-state index is 12.9. The van der Waals surface area contributed by atoms with E-state index in [1.165, 1.54) is 23.1 Å². The van der Waals surface area contributed by atoms with Gasteiger partial charge in [-0.15, -0.1) is 0 Å². The van der Waals surface area contributed by atoms with Gasteiger partial charge in [0.25, 0.3) is 11.7 Å². The zero-order chi connectivity index (χ0) is 22.5. The van der Waals surface area contributed by atoms with Crippen molar-refractivity contribution < 1.29 is 29.3 Å². The molecule has 1 atom stereocenters. The minimum absolute atomic E-state index is 0.0297. The summed E-state index contributed by atoms with van der Waals surface area (Å²) in [6.45, 7) is 2.87. The molecule has 2 N–H and O–H groups in total. The van der Waals surface area contributed by atoms with Crippen LogP contribution in [0.4, 0.5) is 0 Å². The number of aliphatic hydroxyl groups is 1. The fourth-order valence-corrected chi connectivity index (χ4v) is 3.74. The number of halogens is 1. The lowest BCUT2D eigenvalue weighted by atomic mass is 9.95. The summed E-state index contributed by atoms with van der Waals surface area (Å²) in [5, 5.41) is 21.1. The Morgan fingerprint density at radius 3 is 2.52 bits per heavy atom. The molecule has 1 amide bonds. The van der Waals surface area contributed by atoms with Crippen molar-refractivity contribution in [3.63, 3.8) is 0 Å². The van der Waals surface area contributed by atoms with Gasteiger partial charge < -0.3 is 24.6 Å². The summed E-state index contributed by atoms with van der Waals surface area (Å²) in [6, 6.07) is 10.0. The molecule has 1 heterocycles. The van der Waals surface area contributed by atoms with E-state index in [1.807, 2.05) is 0 Å². The van der Waals surface area contributed by atoms with Crippen LogP contribution in [0.2, 0.25) is 5.02 Å². The third kappa shape index (κ3) is 4.68. The van der Waals surface area contributed by atoms with Gasteiger partial charge in [0.15, 0.2) is 0 Å². The number of hydrogen-bond donors (Lipinski definition) is 2. The number of aliphatic hydroxyl groups excluding tert-OH is 1. The van der Waals surface area contributed by atoms with Crippen molar-refractivity contribution in [3.8, 4) is 11.5 Å². The standard InChI is InChI=1S/C23H24ClNO6/c1-3-31-18-13-15(7-10-17(18)24)21(27)19-20(14-5-8-16(26)9-6-14)25(11-4-12-30-2)23(29)22(19)28/h5-10,13,20,26-27H,3-4,11-12H2,1-2H3/b21-19-. The van der Waals surface area contributed by atoms with Gasteiger partial charge in [-0.25, -0.2) is 0 Å². The van der Waals surface area contributed by atoms with Gasteiger partial charge in [0.1, 0.15) is 17.3 Å². The number of hydrogen-bond acceptors (Lipinski definition) is 6. The molecule has 164 valence electrons. The average Bonchev–Trinajstić information content (AvgIpc) is 3.00. The second-order valence-corrected chi connectivity index (χ2v) is 7.42. The third-order valence-electron chi connectivity index (χ3n) is 5.00. The number of carbonyl (C=O) groups is 2. The molecule has 2 aromatic carbocycles. The normalized spacial score (nSPS) is 17.9. The number of rotatable bonds is 8. The van der Waals surface area contributed by atoms with Crippen LogP contribution in [0.5, 0.6) is 11.5 Å². The molecular formula is C23H24ClNO6. The molecule has 1 aliphatic rings. The highest BCUT2D eigenvalue weighted by Crippen LogP contribution is 2.40. The van der Waals surface area contributed by atoms with Crippen molar-refractivity contribution in [2.24, 2.45) is 0 Å². The van der Waals surface area contributed by atoms with E-state index < -0.39 is 17.7 Å². The Morgan fingerprint density at radius 1 is 1.16 bits per heavy atom. The smallest absolute Gasteiger partial charge is 0.295 e. The second kappa shape index (κ2) is 9.85. The monoisotopic (exact) mass is 445 g/mol. The van der Waals surface area contributed by atoms with Crippen LogP contribution in [0.3, 0.4) is 0 Å². The summed E-state index contributed by atoms with van der Waals surface area (Å²) >= 11 is 6.14. The number of ether oxygens (including phenoxy) is 2. The number of phenolic OH excluding ortho intramolecular Hbond substituents is 1. The molecule has 1 saturated heterocycles. The number of benzene rings is 2. The summed E-state index contributed by atoms with van der Waals surface area (Å²) in [5.41, 5.74) is 0.874. The average molecular weight is 446 g/mol. The summed E-state index contributed by atoms with van der Waals surface area (Å²) in [5.74, 6) is -1.37. The summed E-state index contributed by atoms with van der Waals surface area (Å²) in [6.07, 6.45) is 0.521. The van der Waals surface area contributed by atoms with Gasteiger partial charge in [-0.3, -0.25) is 9.59 Å². The predicted octanol–water partition coefficient (Wildman–Crippen LogP) is 3.90. The molecule has 0 saturated carbocycles. The fraction of sp³-hybridized carbons (Fsp3) is 0.304. The molecule has 2 aromatic rings. The predicted molar refractivity (Wildman–Crippen MR) is 116 cm³/mol. The number of likely N-dealkylation sites (tertiary alicyclic amines) is 1. The second-order valence-electron chi connectivity index (χ2n) is 7.01. The van der Waals surface area contributed by atoms with Crippen molar-refractivity contribution in [1.82, 2.24) is 4.90 Å². The maximum atomic E-state index is 12.9. The first kappa shape index (κ1) is 22.7. The van der Waals surface area contributed by atoms with Gasteiger partial charge in [-0.05, 0) is 49.2 Å². The minimum Gasteiger partial charge on any atom is -0.508 e. The number of aromatic hydroxyl groups is 1. The summed E-state index contributed by atoms with van der Waals surface area (Å²) < 4.78 is 10.5. The molecule has 8 heteroatoms. The Hall–Kier alpha value is -3.03. The van der Waals surface area contributed by atoms with Crippen LogP contribution >= 0.6 is 11.6 Å². The number of carbonyl (C=O) groups excluding carboxylic acids is 2. The Labute approximate surface area is 185 Å². The van der Waals surface area contributed by atoms with Crippen LogP contribution in [-0.4, -0.2) is 53.7 Å². The molecule has 0 aromatic heterocycles. The first-order chi connectivity index (χ1) is 14.9. The van der Waals surface area contributed by atoms with Crippen LogP contribution in [0.25, 0.3) is 5.76 Å². The molecule has 3 rings (SSSR count). The number of nitrogens with zero attached hydrogens (tertiary/aromatic N) is 1. The van der Waals surface area contributed by atoms with Crippen molar-refractivity contribution in [1.29, 1.82) is 0 Å². The number of Topliss-reactive ketones (excluding diaryl/α,β-unsaturated/α-hetero) is 1. The Morgan fingerprint density at radius 2 is 1.87 bits per heavy atom. The molecule has 7 nitrogen and oxygen atoms in total. The quantitative estimate of drug-likeness (QED) is 0.277. The third-order valence-corrected chi connectivity index (χ3v) is 5.31. The van der Waals surface area contributed by atoms with Crippen LogP contribution in [0.15, 0.2) is 48.0 Å². The Bertz CT molecular complexity index is 1000. The topological polar surface area (TPSA) is 96.3 Å².